The van der Waals surface area contributed by atoms with Crippen molar-refractivity contribution >= 4 is 17.9 Å². The maximum atomic E-state index is 10.8. The molecule has 0 radical (unpaired) electrons. The summed E-state index contributed by atoms with van der Waals surface area (Å²) in [6, 6.07) is 1.65. The fourth-order valence-electron chi connectivity index (χ4n) is 1.21. The molecule has 0 aromatic heterocycles. The Hall–Kier alpha value is -1.95. The number of rotatable bonds is 3. The van der Waals surface area contributed by atoms with E-state index in [2.05, 4.69) is 0 Å². The second-order valence-electron chi connectivity index (χ2n) is 2.80. The van der Waals surface area contributed by atoms with E-state index in [0.717, 1.165) is 12.1 Å². The van der Waals surface area contributed by atoms with Gasteiger partial charge in [-0.1, -0.05) is 0 Å². The van der Waals surface area contributed by atoms with Crippen LogP contribution in [-0.4, -0.2) is 38.3 Å². The molecule has 17 heavy (non-hydrogen) atoms. The Morgan fingerprint density at radius 1 is 0.824 bits per heavy atom. The molecule has 0 spiro atoms. The van der Waals surface area contributed by atoms with Crippen LogP contribution in [0, 0.1) is 0 Å². The van der Waals surface area contributed by atoms with Gasteiger partial charge in [-0.3, -0.25) is 0 Å². The molecule has 0 aliphatic rings. The molecule has 1 aromatic rings. The fraction of sp³-hybridized carbons (Fsp3) is 0. The summed E-state index contributed by atoms with van der Waals surface area (Å²) in [4.78, 5) is 32.1. The predicted octanol–water partition coefficient (Wildman–Crippen LogP) is 0.484. The van der Waals surface area contributed by atoms with Gasteiger partial charge in [0, 0.05) is 19.5 Å². The largest absolute Gasteiger partial charge is 0.507 e. The second-order valence-corrected chi connectivity index (χ2v) is 2.80. The van der Waals surface area contributed by atoms with Gasteiger partial charge in [-0.05, 0) is 12.1 Å². The Labute approximate surface area is 107 Å². The maximum Gasteiger partial charge on any atom is 0.340 e. The van der Waals surface area contributed by atoms with Crippen LogP contribution in [0.5, 0.6) is 5.75 Å². The summed E-state index contributed by atoms with van der Waals surface area (Å²) >= 11 is 0. The molecule has 0 unspecified atom stereocenters. The minimum Gasteiger partial charge on any atom is -0.507 e. The smallest absolute Gasteiger partial charge is 0.340 e. The third-order valence-corrected chi connectivity index (χ3v) is 1.84. The van der Waals surface area contributed by atoms with Gasteiger partial charge in [0.05, 0.1) is 11.1 Å². The first-order valence-corrected chi connectivity index (χ1v) is 3.92. The summed E-state index contributed by atoms with van der Waals surface area (Å²) in [5.41, 5.74) is -2.57. The quantitative estimate of drug-likeness (QED) is 0.595. The van der Waals surface area contributed by atoms with E-state index in [4.69, 9.17) is 15.3 Å². The first kappa shape index (κ1) is 15.1. The molecule has 0 fully saturated rings. The van der Waals surface area contributed by atoms with Crippen LogP contribution in [0.3, 0.4) is 0 Å². The van der Waals surface area contributed by atoms with Crippen molar-refractivity contribution in [2.45, 2.75) is 0 Å². The first-order valence-electron chi connectivity index (χ1n) is 3.92. The van der Waals surface area contributed by atoms with Crippen molar-refractivity contribution in [2.24, 2.45) is 0 Å². The van der Waals surface area contributed by atoms with Crippen LogP contribution in [0.4, 0.5) is 0 Å². The molecule has 0 aliphatic carbocycles. The third kappa shape index (κ3) is 2.79. The van der Waals surface area contributed by atoms with E-state index >= 15 is 0 Å². The van der Waals surface area contributed by atoms with Crippen molar-refractivity contribution in [3.05, 3.63) is 28.8 Å². The van der Waals surface area contributed by atoms with Crippen molar-refractivity contribution in [3.8, 4) is 5.75 Å². The number of carboxylic acid groups (broad SMARTS) is 3. The van der Waals surface area contributed by atoms with Gasteiger partial charge in [0.15, 0.2) is 0 Å². The predicted molar refractivity (Wildman–Crippen MR) is 49.0 cm³/mol. The Kier molecular flexibility index (Phi) is 4.78. The zero-order chi connectivity index (χ0) is 12.5. The number of carboxylic acids is 3. The van der Waals surface area contributed by atoms with Crippen molar-refractivity contribution in [1.82, 2.24) is 0 Å². The monoisotopic (exact) mass is 290 g/mol. The van der Waals surface area contributed by atoms with Gasteiger partial charge in [0.25, 0.3) is 0 Å². The molecular formula is C9H6O7Zn. The molecule has 0 saturated heterocycles. The average molecular weight is 292 g/mol. The zero-order valence-electron chi connectivity index (χ0n) is 8.38. The van der Waals surface area contributed by atoms with Crippen LogP contribution in [0.25, 0.3) is 0 Å². The molecular weight excluding hydrogens is 285 g/mol. The molecule has 7 nitrogen and oxygen atoms in total. The Morgan fingerprint density at radius 3 is 1.65 bits per heavy atom. The van der Waals surface area contributed by atoms with Crippen LogP contribution < -0.4 is 0 Å². The van der Waals surface area contributed by atoms with E-state index in [1.165, 1.54) is 0 Å². The first-order chi connectivity index (χ1) is 7.36. The number of phenols is 1. The van der Waals surface area contributed by atoms with Gasteiger partial charge < -0.3 is 20.4 Å². The molecule has 0 atom stereocenters. The van der Waals surface area contributed by atoms with Crippen LogP contribution in [0.2, 0.25) is 0 Å². The van der Waals surface area contributed by atoms with Gasteiger partial charge in [0.1, 0.15) is 11.3 Å². The number of aromatic carboxylic acids is 3. The van der Waals surface area contributed by atoms with Gasteiger partial charge in [-0.25, -0.2) is 14.4 Å². The zero-order valence-corrected chi connectivity index (χ0v) is 11.3. The minimum atomic E-state index is -1.73. The van der Waals surface area contributed by atoms with E-state index in [0.29, 0.717) is 0 Å². The molecule has 0 saturated carbocycles. The van der Waals surface area contributed by atoms with E-state index in [-0.39, 0.29) is 19.5 Å². The van der Waals surface area contributed by atoms with Crippen LogP contribution in [0.1, 0.15) is 31.1 Å². The summed E-state index contributed by atoms with van der Waals surface area (Å²) in [6.45, 7) is 0. The summed E-state index contributed by atoms with van der Waals surface area (Å²) in [5.74, 6) is -5.82. The van der Waals surface area contributed by atoms with E-state index < -0.39 is 40.3 Å². The number of aromatic hydroxyl groups is 1. The third-order valence-electron chi connectivity index (χ3n) is 1.84. The number of hydrogen-bond acceptors (Lipinski definition) is 4. The fourth-order valence-corrected chi connectivity index (χ4v) is 1.21. The molecule has 1 rings (SSSR count). The maximum absolute atomic E-state index is 10.8. The summed E-state index contributed by atoms with van der Waals surface area (Å²) in [6.07, 6.45) is 0. The van der Waals surface area contributed by atoms with Crippen LogP contribution in [0.15, 0.2) is 12.1 Å². The van der Waals surface area contributed by atoms with Gasteiger partial charge in [-0.15, -0.1) is 0 Å². The Bertz CT molecular complexity index is 494. The van der Waals surface area contributed by atoms with Gasteiger partial charge in [0.2, 0.25) is 0 Å². The van der Waals surface area contributed by atoms with Crippen LogP contribution in [-0.2, 0) is 19.5 Å². The molecule has 0 amide bonds. The summed E-state index contributed by atoms with van der Waals surface area (Å²) in [7, 11) is 0. The van der Waals surface area contributed by atoms with Crippen molar-refractivity contribution < 1.29 is 54.3 Å². The second kappa shape index (κ2) is 5.40. The molecule has 86 valence electrons. The molecule has 8 heteroatoms. The van der Waals surface area contributed by atoms with E-state index in [1.807, 2.05) is 0 Å². The van der Waals surface area contributed by atoms with Crippen LogP contribution >= 0.6 is 0 Å². The summed E-state index contributed by atoms with van der Waals surface area (Å²) in [5, 5.41) is 35.3. The van der Waals surface area contributed by atoms with E-state index in [9.17, 15) is 19.5 Å². The Morgan fingerprint density at radius 2 is 1.29 bits per heavy atom. The van der Waals surface area contributed by atoms with Crippen molar-refractivity contribution in [2.75, 3.05) is 0 Å². The SMILES string of the molecule is O=C(O)c1ccc(O)c(C(=O)O)c1C(=O)O.[Zn]. The van der Waals surface area contributed by atoms with E-state index in [1.54, 1.807) is 0 Å². The standard InChI is InChI=1S/C9H6O7.Zn/c10-4-2-1-3(7(11)12)5(8(13)14)6(4)9(15)16;/h1-2,10H,(H,11,12)(H,13,14)(H,15,16);. The topological polar surface area (TPSA) is 132 Å². The molecule has 0 bridgehead atoms. The molecule has 0 aliphatic heterocycles. The number of benzene rings is 1. The normalized spacial score (nSPS) is 9.18. The number of hydrogen-bond donors (Lipinski definition) is 4. The van der Waals surface area contributed by atoms with Gasteiger partial charge >= 0.3 is 17.9 Å². The number of carbonyl (C=O) groups is 3. The van der Waals surface area contributed by atoms with Crippen molar-refractivity contribution in [3.63, 3.8) is 0 Å². The Balaban J connectivity index is 0.00000256. The average Bonchev–Trinajstić information content (AvgIpc) is 2.15. The molecule has 0 heterocycles. The van der Waals surface area contributed by atoms with Crippen molar-refractivity contribution in [1.29, 1.82) is 0 Å². The molecule has 4 N–H and O–H groups in total. The molecule has 1 aromatic carbocycles. The van der Waals surface area contributed by atoms with Gasteiger partial charge in [-0.2, -0.15) is 0 Å². The minimum absolute atomic E-state index is 0. The summed E-state index contributed by atoms with van der Waals surface area (Å²) < 4.78 is 0.